The topological polar surface area (TPSA) is 44.4 Å². The van der Waals surface area contributed by atoms with Crippen molar-refractivity contribution in [3.63, 3.8) is 0 Å². The Morgan fingerprint density at radius 2 is 2.25 bits per heavy atom. The summed E-state index contributed by atoms with van der Waals surface area (Å²) in [6, 6.07) is 6.42. The van der Waals surface area contributed by atoms with E-state index in [1.807, 2.05) is 0 Å². The first kappa shape index (κ1) is 15.3. The molecule has 1 aromatic carbocycles. The third-order valence-corrected chi connectivity index (χ3v) is 4.36. The lowest BCUT2D eigenvalue weighted by Crippen LogP contribution is -2.57. The van der Waals surface area contributed by atoms with Gasteiger partial charge in [0.25, 0.3) is 0 Å². The maximum absolute atomic E-state index is 12.8. The predicted octanol–water partition coefficient (Wildman–Crippen LogP) is 0.938. The molecule has 1 heterocycles. The highest BCUT2D eigenvalue weighted by molar-refractivity contribution is 7.99. The zero-order chi connectivity index (χ0) is 14.4. The average Bonchev–Trinajstić information content (AvgIpc) is 2.49. The Balaban J connectivity index is 1.82. The Hall–Kier alpha value is -1.11. The van der Waals surface area contributed by atoms with Crippen LogP contribution in [-0.2, 0) is 4.79 Å². The lowest BCUT2D eigenvalue weighted by atomic mass is 10.2. The minimum atomic E-state index is -0.212. The lowest BCUT2D eigenvalue weighted by Gasteiger charge is -2.34. The van der Waals surface area contributed by atoms with E-state index in [0.717, 1.165) is 30.3 Å². The fourth-order valence-electron chi connectivity index (χ4n) is 2.25. The summed E-state index contributed by atoms with van der Waals surface area (Å²) in [5, 5.41) is 5.95. The first-order valence-electron chi connectivity index (χ1n) is 6.75. The second kappa shape index (κ2) is 7.61. The highest BCUT2D eigenvalue weighted by atomic mass is 32.2. The van der Waals surface area contributed by atoms with Gasteiger partial charge in [0.2, 0.25) is 5.91 Å². The number of hydrogen-bond acceptors (Lipinski definition) is 4. The second-order valence-corrected chi connectivity index (χ2v) is 5.84. The lowest BCUT2D eigenvalue weighted by molar-refractivity contribution is -0.126. The molecule has 1 fully saturated rings. The van der Waals surface area contributed by atoms with Crippen LogP contribution in [-0.4, -0.2) is 55.8 Å². The highest BCUT2D eigenvalue weighted by Gasteiger charge is 2.27. The standard InChI is InChI=1S/C14H20FN3OS/c1-16-14(19)13-10-17-6-7-18(13)8-9-20-12-4-2-11(15)3-5-12/h2-5,13,17H,6-10H2,1H3,(H,16,19). The smallest absolute Gasteiger partial charge is 0.238 e. The molecule has 0 radical (unpaired) electrons. The van der Waals surface area contributed by atoms with Crippen LogP contribution in [0.3, 0.4) is 0 Å². The number of thioether (sulfide) groups is 1. The van der Waals surface area contributed by atoms with Crippen molar-refractivity contribution in [2.24, 2.45) is 0 Å². The summed E-state index contributed by atoms with van der Waals surface area (Å²) in [5.41, 5.74) is 0. The number of rotatable bonds is 5. The Labute approximate surface area is 123 Å². The number of hydrogen-bond donors (Lipinski definition) is 2. The molecule has 4 nitrogen and oxygen atoms in total. The molecule has 1 amide bonds. The van der Waals surface area contributed by atoms with Crippen LogP contribution in [0, 0.1) is 5.82 Å². The monoisotopic (exact) mass is 297 g/mol. The van der Waals surface area contributed by atoms with Crippen molar-refractivity contribution in [1.82, 2.24) is 15.5 Å². The summed E-state index contributed by atoms with van der Waals surface area (Å²) in [4.78, 5) is 15.1. The van der Waals surface area contributed by atoms with Gasteiger partial charge in [-0.3, -0.25) is 9.69 Å². The van der Waals surface area contributed by atoms with E-state index in [-0.39, 0.29) is 17.8 Å². The van der Waals surface area contributed by atoms with Gasteiger partial charge in [-0.05, 0) is 24.3 Å². The van der Waals surface area contributed by atoms with Crippen LogP contribution in [0.2, 0.25) is 0 Å². The van der Waals surface area contributed by atoms with Gasteiger partial charge in [0.1, 0.15) is 11.9 Å². The van der Waals surface area contributed by atoms with Crippen LogP contribution >= 0.6 is 11.8 Å². The zero-order valence-electron chi connectivity index (χ0n) is 11.6. The molecular weight excluding hydrogens is 277 g/mol. The summed E-state index contributed by atoms with van der Waals surface area (Å²) in [6.07, 6.45) is 0. The van der Waals surface area contributed by atoms with Crippen LogP contribution in [0.1, 0.15) is 0 Å². The number of likely N-dealkylation sites (N-methyl/N-ethyl adjacent to an activating group) is 1. The third-order valence-electron chi connectivity index (χ3n) is 3.36. The molecule has 0 aliphatic carbocycles. The number of amides is 1. The minimum Gasteiger partial charge on any atom is -0.358 e. The fraction of sp³-hybridized carbons (Fsp3) is 0.500. The van der Waals surface area contributed by atoms with Crippen molar-refractivity contribution in [1.29, 1.82) is 0 Å². The number of halogens is 1. The van der Waals surface area contributed by atoms with E-state index in [1.165, 1.54) is 12.1 Å². The van der Waals surface area contributed by atoms with E-state index < -0.39 is 0 Å². The summed E-state index contributed by atoms with van der Waals surface area (Å²) in [7, 11) is 1.67. The first-order valence-corrected chi connectivity index (χ1v) is 7.74. The normalized spacial score (nSPS) is 19.8. The molecule has 20 heavy (non-hydrogen) atoms. The summed E-state index contributed by atoms with van der Waals surface area (Å²) >= 11 is 1.68. The van der Waals surface area contributed by atoms with Crippen molar-refractivity contribution in [2.75, 3.05) is 39.0 Å². The second-order valence-electron chi connectivity index (χ2n) is 4.67. The molecule has 1 unspecified atom stereocenters. The summed E-state index contributed by atoms with van der Waals surface area (Å²) in [5.74, 6) is 0.735. The van der Waals surface area contributed by atoms with Crippen molar-refractivity contribution < 1.29 is 9.18 Å². The molecule has 2 N–H and O–H groups in total. The van der Waals surface area contributed by atoms with Gasteiger partial charge in [-0.15, -0.1) is 11.8 Å². The first-order chi connectivity index (χ1) is 9.70. The molecule has 0 aromatic heterocycles. The Kier molecular flexibility index (Phi) is 5.82. The van der Waals surface area contributed by atoms with E-state index in [1.54, 1.807) is 30.9 Å². The molecule has 0 spiro atoms. The molecule has 1 aliphatic heterocycles. The maximum atomic E-state index is 12.8. The summed E-state index contributed by atoms with van der Waals surface area (Å²) in [6.45, 7) is 3.33. The van der Waals surface area contributed by atoms with Gasteiger partial charge >= 0.3 is 0 Å². The predicted molar refractivity (Wildman–Crippen MR) is 79.4 cm³/mol. The van der Waals surface area contributed by atoms with Crippen molar-refractivity contribution in [2.45, 2.75) is 10.9 Å². The molecule has 1 aliphatic rings. The average molecular weight is 297 g/mol. The molecule has 0 bridgehead atoms. The van der Waals surface area contributed by atoms with Crippen molar-refractivity contribution in [3.8, 4) is 0 Å². The van der Waals surface area contributed by atoms with E-state index >= 15 is 0 Å². The van der Waals surface area contributed by atoms with Gasteiger partial charge in [0.05, 0.1) is 0 Å². The zero-order valence-corrected chi connectivity index (χ0v) is 12.4. The van der Waals surface area contributed by atoms with Crippen molar-refractivity contribution >= 4 is 17.7 Å². The van der Waals surface area contributed by atoms with Gasteiger partial charge in [0.15, 0.2) is 0 Å². The molecule has 6 heteroatoms. The Morgan fingerprint density at radius 3 is 2.95 bits per heavy atom. The number of nitrogens with one attached hydrogen (secondary N) is 2. The maximum Gasteiger partial charge on any atom is 0.238 e. The molecule has 1 aromatic rings. The van der Waals surface area contributed by atoms with E-state index in [2.05, 4.69) is 15.5 Å². The number of benzene rings is 1. The van der Waals surface area contributed by atoms with Crippen LogP contribution in [0.4, 0.5) is 4.39 Å². The quantitative estimate of drug-likeness (QED) is 0.794. The van der Waals surface area contributed by atoms with Crippen LogP contribution in [0.15, 0.2) is 29.2 Å². The number of nitrogens with zero attached hydrogens (tertiary/aromatic N) is 1. The van der Waals surface area contributed by atoms with Crippen molar-refractivity contribution in [3.05, 3.63) is 30.1 Å². The molecule has 1 saturated heterocycles. The van der Waals surface area contributed by atoms with Gasteiger partial charge in [-0.25, -0.2) is 4.39 Å². The number of piperazine rings is 1. The third kappa shape index (κ3) is 4.19. The highest BCUT2D eigenvalue weighted by Crippen LogP contribution is 2.18. The molecule has 2 rings (SSSR count). The Bertz CT molecular complexity index is 441. The SMILES string of the molecule is CNC(=O)C1CNCCN1CCSc1ccc(F)cc1. The largest absolute Gasteiger partial charge is 0.358 e. The Morgan fingerprint density at radius 1 is 1.50 bits per heavy atom. The molecular formula is C14H20FN3OS. The van der Waals surface area contributed by atoms with Gasteiger partial charge in [-0.1, -0.05) is 0 Å². The molecule has 0 saturated carbocycles. The molecule has 1 atom stereocenters. The van der Waals surface area contributed by atoms with Crippen LogP contribution in [0.25, 0.3) is 0 Å². The van der Waals surface area contributed by atoms with Crippen LogP contribution in [0.5, 0.6) is 0 Å². The van der Waals surface area contributed by atoms with E-state index in [4.69, 9.17) is 0 Å². The fourth-order valence-corrected chi connectivity index (χ4v) is 3.14. The minimum absolute atomic E-state index is 0.0592. The number of carbonyl (C=O) groups excluding carboxylic acids is 1. The number of carbonyl (C=O) groups is 1. The van der Waals surface area contributed by atoms with Gasteiger partial charge < -0.3 is 10.6 Å². The van der Waals surface area contributed by atoms with Gasteiger partial charge in [-0.2, -0.15) is 0 Å². The van der Waals surface area contributed by atoms with Gasteiger partial charge in [0, 0.05) is 43.9 Å². The van der Waals surface area contributed by atoms with Crippen LogP contribution < -0.4 is 10.6 Å². The van der Waals surface area contributed by atoms with E-state index in [0.29, 0.717) is 6.54 Å². The van der Waals surface area contributed by atoms with E-state index in [9.17, 15) is 9.18 Å². The summed E-state index contributed by atoms with van der Waals surface area (Å²) < 4.78 is 12.8. The molecule has 110 valence electrons.